The Morgan fingerprint density at radius 3 is 2.48 bits per heavy atom. The molecule has 0 N–H and O–H groups in total. The highest BCUT2D eigenvalue weighted by Crippen LogP contribution is 2.31. The van der Waals surface area contributed by atoms with Crippen LogP contribution in [-0.4, -0.2) is 4.98 Å². The second kappa shape index (κ2) is 7.97. The van der Waals surface area contributed by atoms with E-state index in [4.69, 9.17) is 5.26 Å². The Morgan fingerprint density at radius 2 is 1.78 bits per heavy atom. The van der Waals surface area contributed by atoms with Crippen LogP contribution in [0.2, 0.25) is 0 Å². The van der Waals surface area contributed by atoms with Gasteiger partial charge in [-0.15, -0.1) is 24.8 Å². The Bertz CT molecular complexity index is 851. The van der Waals surface area contributed by atoms with Crippen LogP contribution in [0.25, 0.3) is 22.0 Å². The minimum atomic E-state index is 0. The van der Waals surface area contributed by atoms with Crippen molar-refractivity contribution in [2.75, 3.05) is 0 Å². The molecule has 0 saturated carbocycles. The van der Waals surface area contributed by atoms with E-state index in [9.17, 15) is 0 Å². The van der Waals surface area contributed by atoms with Gasteiger partial charge < -0.3 is 0 Å². The van der Waals surface area contributed by atoms with Crippen molar-refractivity contribution in [1.82, 2.24) is 4.98 Å². The quantitative estimate of drug-likeness (QED) is 0.594. The van der Waals surface area contributed by atoms with Crippen LogP contribution in [-0.2, 0) is 0 Å². The lowest BCUT2D eigenvalue weighted by Gasteiger charge is -2.12. The summed E-state index contributed by atoms with van der Waals surface area (Å²) in [5.41, 5.74) is 5.07. The molecule has 3 aromatic rings. The second-order valence-corrected chi connectivity index (χ2v) is 5.49. The maximum absolute atomic E-state index is 9.10. The molecule has 118 valence electrons. The van der Waals surface area contributed by atoms with Gasteiger partial charge in [-0.25, -0.2) is 0 Å². The molecule has 23 heavy (non-hydrogen) atoms. The molecule has 0 fully saturated rings. The van der Waals surface area contributed by atoms with E-state index < -0.39 is 0 Å². The maximum Gasteiger partial charge on any atom is 0.0991 e. The standard InChI is InChI=1S/C19H16N2.2ClH/c1-13(2)17-10-16-7-4-8-21-19(16)18(11-17)15-6-3-5-14(9-15)12-20;;/h3-11,13H,1-2H3;2*1H. The first-order chi connectivity index (χ1) is 10.2. The first kappa shape index (κ1) is 19.0. The molecular weight excluding hydrogens is 327 g/mol. The van der Waals surface area contributed by atoms with E-state index in [2.05, 4.69) is 43.1 Å². The van der Waals surface area contributed by atoms with Crippen molar-refractivity contribution in [3.8, 4) is 17.2 Å². The molecule has 0 atom stereocenters. The van der Waals surface area contributed by atoms with Crippen molar-refractivity contribution in [1.29, 1.82) is 5.26 Å². The first-order valence-corrected chi connectivity index (χ1v) is 7.08. The summed E-state index contributed by atoms with van der Waals surface area (Å²) in [4.78, 5) is 4.53. The van der Waals surface area contributed by atoms with Gasteiger partial charge in [-0.1, -0.05) is 32.0 Å². The molecule has 4 heteroatoms. The minimum Gasteiger partial charge on any atom is -0.256 e. The Morgan fingerprint density at radius 1 is 1.00 bits per heavy atom. The van der Waals surface area contributed by atoms with Gasteiger partial charge in [0.25, 0.3) is 0 Å². The number of nitrogens with zero attached hydrogens (tertiary/aromatic N) is 2. The molecule has 0 saturated heterocycles. The largest absolute Gasteiger partial charge is 0.256 e. The number of hydrogen-bond acceptors (Lipinski definition) is 2. The number of aromatic nitrogens is 1. The van der Waals surface area contributed by atoms with Gasteiger partial charge in [-0.05, 0) is 47.4 Å². The normalized spacial score (nSPS) is 9.83. The highest BCUT2D eigenvalue weighted by molar-refractivity contribution is 5.94. The molecule has 0 bridgehead atoms. The molecule has 0 unspecified atom stereocenters. The fraction of sp³-hybridized carbons (Fsp3) is 0.158. The maximum atomic E-state index is 9.10. The van der Waals surface area contributed by atoms with E-state index in [-0.39, 0.29) is 24.8 Å². The van der Waals surface area contributed by atoms with Crippen molar-refractivity contribution < 1.29 is 0 Å². The summed E-state index contributed by atoms with van der Waals surface area (Å²) in [6, 6.07) is 18.3. The summed E-state index contributed by atoms with van der Waals surface area (Å²) >= 11 is 0. The zero-order valence-corrected chi connectivity index (χ0v) is 14.6. The summed E-state index contributed by atoms with van der Waals surface area (Å²) in [7, 11) is 0. The van der Waals surface area contributed by atoms with Gasteiger partial charge in [0.15, 0.2) is 0 Å². The number of benzene rings is 2. The summed E-state index contributed by atoms with van der Waals surface area (Å²) in [6.07, 6.45) is 1.81. The topological polar surface area (TPSA) is 36.7 Å². The Hall–Kier alpha value is -2.08. The summed E-state index contributed by atoms with van der Waals surface area (Å²) in [5.74, 6) is 0.451. The monoisotopic (exact) mass is 344 g/mol. The third kappa shape index (κ3) is 3.82. The van der Waals surface area contributed by atoms with E-state index in [1.54, 1.807) is 0 Å². The molecular formula is C19H18Cl2N2. The van der Waals surface area contributed by atoms with Gasteiger partial charge in [0.1, 0.15) is 0 Å². The average molecular weight is 345 g/mol. The molecule has 0 amide bonds. The highest BCUT2D eigenvalue weighted by Gasteiger charge is 2.10. The third-order valence-corrected chi connectivity index (χ3v) is 3.70. The fourth-order valence-corrected chi connectivity index (χ4v) is 2.53. The van der Waals surface area contributed by atoms with Crippen LogP contribution in [0, 0.1) is 11.3 Å². The number of pyridine rings is 1. The number of nitriles is 1. The third-order valence-electron chi connectivity index (χ3n) is 3.70. The predicted molar refractivity (Wildman–Crippen MR) is 100 cm³/mol. The van der Waals surface area contributed by atoms with Gasteiger partial charge in [-0.3, -0.25) is 4.98 Å². The summed E-state index contributed by atoms with van der Waals surface area (Å²) < 4.78 is 0. The highest BCUT2D eigenvalue weighted by atomic mass is 35.5. The van der Waals surface area contributed by atoms with E-state index in [0.717, 1.165) is 22.0 Å². The van der Waals surface area contributed by atoms with Crippen LogP contribution >= 0.6 is 24.8 Å². The summed E-state index contributed by atoms with van der Waals surface area (Å²) in [5, 5.41) is 10.2. The molecule has 2 nitrogen and oxygen atoms in total. The smallest absolute Gasteiger partial charge is 0.0991 e. The van der Waals surface area contributed by atoms with Gasteiger partial charge in [0.2, 0.25) is 0 Å². The number of halogens is 2. The van der Waals surface area contributed by atoms with Crippen LogP contribution < -0.4 is 0 Å². The predicted octanol–water partition coefficient (Wildman–Crippen LogP) is 5.74. The van der Waals surface area contributed by atoms with E-state index in [1.165, 1.54) is 5.56 Å². The van der Waals surface area contributed by atoms with Crippen molar-refractivity contribution in [2.45, 2.75) is 19.8 Å². The zero-order chi connectivity index (χ0) is 14.8. The lowest BCUT2D eigenvalue weighted by atomic mass is 9.93. The molecule has 0 spiro atoms. The number of hydrogen-bond donors (Lipinski definition) is 0. The van der Waals surface area contributed by atoms with Gasteiger partial charge in [-0.2, -0.15) is 5.26 Å². The molecule has 3 rings (SSSR count). The molecule has 2 aromatic carbocycles. The SMILES string of the molecule is CC(C)c1cc(-c2cccc(C#N)c2)c2ncccc2c1.Cl.Cl. The Kier molecular flexibility index (Phi) is 6.57. The van der Waals surface area contributed by atoms with E-state index in [1.807, 2.05) is 36.5 Å². The van der Waals surface area contributed by atoms with Gasteiger partial charge >= 0.3 is 0 Å². The van der Waals surface area contributed by atoms with Crippen LogP contribution in [0.1, 0.15) is 30.9 Å². The van der Waals surface area contributed by atoms with Crippen LogP contribution in [0.3, 0.4) is 0 Å². The minimum absolute atomic E-state index is 0. The van der Waals surface area contributed by atoms with Gasteiger partial charge in [0, 0.05) is 17.1 Å². The van der Waals surface area contributed by atoms with Crippen LogP contribution in [0.5, 0.6) is 0 Å². The lowest BCUT2D eigenvalue weighted by molar-refractivity contribution is 0.869. The molecule has 1 heterocycles. The average Bonchev–Trinajstić information content (AvgIpc) is 2.53. The molecule has 0 aliphatic rings. The van der Waals surface area contributed by atoms with Crippen molar-refractivity contribution in [2.24, 2.45) is 0 Å². The van der Waals surface area contributed by atoms with Crippen LogP contribution in [0.15, 0.2) is 54.7 Å². The first-order valence-electron chi connectivity index (χ1n) is 7.08. The summed E-state index contributed by atoms with van der Waals surface area (Å²) in [6.45, 7) is 4.38. The second-order valence-electron chi connectivity index (χ2n) is 5.49. The fourth-order valence-electron chi connectivity index (χ4n) is 2.53. The number of fused-ring (bicyclic) bond motifs is 1. The van der Waals surface area contributed by atoms with Crippen LogP contribution in [0.4, 0.5) is 0 Å². The Balaban J connectivity index is 0.00000132. The number of rotatable bonds is 2. The van der Waals surface area contributed by atoms with E-state index >= 15 is 0 Å². The zero-order valence-electron chi connectivity index (χ0n) is 13.0. The lowest BCUT2D eigenvalue weighted by Crippen LogP contribution is -1.92. The van der Waals surface area contributed by atoms with Crippen molar-refractivity contribution in [3.63, 3.8) is 0 Å². The van der Waals surface area contributed by atoms with Crippen molar-refractivity contribution >= 4 is 35.7 Å². The van der Waals surface area contributed by atoms with E-state index in [0.29, 0.717) is 11.5 Å². The Labute approximate surface area is 149 Å². The molecule has 0 aliphatic carbocycles. The molecule has 0 radical (unpaired) electrons. The molecule has 0 aliphatic heterocycles. The van der Waals surface area contributed by atoms with Gasteiger partial charge in [0.05, 0.1) is 17.1 Å². The molecule has 1 aromatic heterocycles. The van der Waals surface area contributed by atoms with Crippen molar-refractivity contribution in [3.05, 3.63) is 65.9 Å².